The zero-order chi connectivity index (χ0) is 17.3. The molecule has 1 aromatic rings. The monoisotopic (exact) mass is 350 g/mol. The van der Waals surface area contributed by atoms with Crippen LogP contribution in [0.3, 0.4) is 0 Å². The van der Waals surface area contributed by atoms with Crippen LogP contribution in [0.1, 0.15) is 30.9 Å². The van der Waals surface area contributed by atoms with Crippen molar-refractivity contribution in [3.05, 3.63) is 28.3 Å². The molecule has 1 heterocycles. The highest BCUT2D eigenvalue weighted by atomic mass is 35.5. The maximum atomic E-state index is 12.3. The molecule has 1 saturated heterocycles. The first-order valence-electron chi connectivity index (χ1n) is 8.75. The number of urea groups is 1. The SMILES string of the molecule is Cc1c(N)cc(Cl)cc1CN1CCN(C(=O)NCC2CC2)[C@@H](C)C1. The summed E-state index contributed by atoms with van der Waals surface area (Å²) in [6, 6.07) is 4.07. The number of nitrogens with one attached hydrogen (secondary N) is 1. The van der Waals surface area contributed by atoms with Crippen LogP contribution in [0.5, 0.6) is 0 Å². The molecule has 0 bridgehead atoms. The van der Waals surface area contributed by atoms with Crippen LogP contribution < -0.4 is 11.1 Å². The number of piperazine rings is 1. The standard InChI is InChI=1S/C18H27ClN4O/c1-12-10-22(11-15-7-16(19)8-17(20)13(15)2)5-6-23(12)18(24)21-9-14-3-4-14/h7-8,12,14H,3-6,9-11,20H2,1-2H3,(H,21,24)/t12-/m0/s1. The molecule has 1 aromatic carbocycles. The van der Waals surface area contributed by atoms with Gasteiger partial charge in [-0.25, -0.2) is 4.79 Å². The van der Waals surface area contributed by atoms with E-state index in [4.69, 9.17) is 17.3 Å². The van der Waals surface area contributed by atoms with E-state index in [0.717, 1.165) is 44.0 Å². The average molecular weight is 351 g/mol. The van der Waals surface area contributed by atoms with Crippen LogP contribution in [0, 0.1) is 12.8 Å². The number of benzene rings is 1. The Kier molecular flexibility index (Phi) is 5.21. The molecule has 2 aliphatic rings. The lowest BCUT2D eigenvalue weighted by molar-refractivity contribution is 0.0973. The molecule has 3 rings (SSSR count). The van der Waals surface area contributed by atoms with E-state index in [9.17, 15) is 4.79 Å². The van der Waals surface area contributed by atoms with Gasteiger partial charge in [0.05, 0.1) is 0 Å². The third-order valence-electron chi connectivity index (χ3n) is 5.13. The molecule has 1 aliphatic carbocycles. The number of nitrogens with zero attached hydrogens (tertiary/aromatic N) is 2. The van der Waals surface area contributed by atoms with Gasteiger partial charge in [0.25, 0.3) is 0 Å². The van der Waals surface area contributed by atoms with Gasteiger partial charge in [-0.2, -0.15) is 0 Å². The lowest BCUT2D eigenvalue weighted by Gasteiger charge is -2.40. The first-order valence-corrected chi connectivity index (χ1v) is 9.13. The van der Waals surface area contributed by atoms with E-state index in [1.54, 1.807) is 6.07 Å². The number of rotatable bonds is 4. The Balaban J connectivity index is 1.56. The molecular weight excluding hydrogens is 324 g/mol. The molecule has 6 heteroatoms. The molecule has 1 atom stereocenters. The van der Waals surface area contributed by atoms with Crippen molar-refractivity contribution in [3.8, 4) is 0 Å². The van der Waals surface area contributed by atoms with Gasteiger partial charge < -0.3 is 16.0 Å². The second kappa shape index (κ2) is 7.19. The lowest BCUT2D eigenvalue weighted by Crippen LogP contribution is -2.56. The fourth-order valence-electron chi connectivity index (χ4n) is 3.30. The number of nitrogen functional groups attached to an aromatic ring is 1. The van der Waals surface area contributed by atoms with Gasteiger partial charge in [-0.05, 0) is 55.9 Å². The summed E-state index contributed by atoms with van der Waals surface area (Å²) in [6.07, 6.45) is 2.51. The summed E-state index contributed by atoms with van der Waals surface area (Å²) in [5.41, 5.74) is 9.01. The second-order valence-electron chi connectivity index (χ2n) is 7.19. The van der Waals surface area contributed by atoms with Crippen LogP contribution >= 0.6 is 11.6 Å². The van der Waals surface area contributed by atoms with Crippen molar-refractivity contribution in [1.82, 2.24) is 15.1 Å². The molecule has 2 amide bonds. The summed E-state index contributed by atoms with van der Waals surface area (Å²) in [5, 5.41) is 3.75. The number of hydrogen-bond acceptors (Lipinski definition) is 3. The van der Waals surface area contributed by atoms with E-state index >= 15 is 0 Å². The Morgan fingerprint density at radius 2 is 2.12 bits per heavy atom. The summed E-state index contributed by atoms with van der Waals surface area (Å²) in [4.78, 5) is 16.6. The highest BCUT2D eigenvalue weighted by molar-refractivity contribution is 6.31. The minimum Gasteiger partial charge on any atom is -0.398 e. The van der Waals surface area contributed by atoms with Crippen molar-refractivity contribution in [2.75, 3.05) is 31.9 Å². The predicted octanol–water partition coefficient (Wildman–Crippen LogP) is 2.86. The Labute approximate surface area is 149 Å². The minimum atomic E-state index is 0.0808. The summed E-state index contributed by atoms with van der Waals surface area (Å²) in [5.74, 6) is 0.710. The van der Waals surface area contributed by atoms with E-state index in [1.807, 2.05) is 17.9 Å². The topological polar surface area (TPSA) is 61.6 Å². The quantitative estimate of drug-likeness (QED) is 0.821. The fourth-order valence-corrected chi connectivity index (χ4v) is 3.55. The zero-order valence-corrected chi connectivity index (χ0v) is 15.3. The number of carbonyl (C=O) groups excluding carboxylic acids is 1. The van der Waals surface area contributed by atoms with Gasteiger partial charge in [0.1, 0.15) is 0 Å². The normalized spacial score (nSPS) is 21.8. The number of halogens is 1. The van der Waals surface area contributed by atoms with Crippen molar-refractivity contribution in [3.63, 3.8) is 0 Å². The van der Waals surface area contributed by atoms with Gasteiger partial charge in [0, 0.05) is 49.5 Å². The van der Waals surface area contributed by atoms with Gasteiger partial charge in [-0.3, -0.25) is 4.90 Å². The van der Waals surface area contributed by atoms with Gasteiger partial charge in [-0.15, -0.1) is 0 Å². The highest BCUT2D eigenvalue weighted by Gasteiger charge is 2.29. The van der Waals surface area contributed by atoms with E-state index in [1.165, 1.54) is 18.4 Å². The number of nitrogens with two attached hydrogens (primary N) is 1. The Morgan fingerprint density at radius 1 is 1.38 bits per heavy atom. The molecule has 5 nitrogen and oxygen atoms in total. The Morgan fingerprint density at radius 3 is 2.79 bits per heavy atom. The van der Waals surface area contributed by atoms with Crippen molar-refractivity contribution in [1.29, 1.82) is 0 Å². The van der Waals surface area contributed by atoms with Crippen molar-refractivity contribution < 1.29 is 4.79 Å². The molecule has 0 radical (unpaired) electrons. The molecule has 0 spiro atoms. The minimum absolute atomic E-state index is 0.0808. The van der Waals surface area contributed by atoms with Crippen LogP contribution in [0.4, 0.5) is 10.5 Å². The molecule has 24 heavy (non-hydrogen) atoms. The summed E-state index contributed by atoms with van der Waals surface area (Å²) < 4.78 is 0. The zero-order valence-electron chi connectivity index (χ0n) is 14.5. The summed E-state index contributed by atoms with van der Waals surface area (Å²) in [6.45, 7) is 8.28. The maximum absolute atomic E-state index is 12.3. The van der Waals surface area contributed by atoms with Crippen molar-refractivity contribution in [2.24, 2.45) is 5.92 Å². The molecule has 132 valence electrons. The Bertz CT molecular complexity index is 617. The average Bonchev–Trinajstić information content (AvgIpc) is 3.34. The van der Waals surface area contributed by atoms with Crippen LogP contribution in [-0.4, -0.2) is 48.1 Å². The van der Waals surface area contributed by atoms with Crippen LogP contribution in [-0.2, 0) is 6.54 Å². The number of anilines is 1. The van der Waals surface area contributed by atoms with Crippen molar-refractivity contribution in [2.45, 2.75) is 39.3 Å². The summed E-state index contributed by atoms with van der Waals surface area (Å²) in [7, 11) is 0. The molecule has 3 N–H and O–H groups in total. The highest BCUT2D eigenvalue weighted by Crippen LogP contribution is 2.28. The third kappa shape index (κ3) is 4.14. The smallest absolute Gasteiger partial charge is 0.317 e. The van der Waals surface area contributed by atoms with Crippen LogP contribution in [0.2, 0.25) is 5.02 Å². The van der Waals surface area contributed by atoms with Gasteiger partial charge >= 0.3 is 6.03 Å². The molecule has 1 saturated carbocycles. The number of amides is 2. The molecule has 2 fully saturated rings. The third-order valence-corrected chi connectivity index (χ3v) is 5.34. The maximum Gasteiger partial charge on any atom is 0.317 e. The van der Waals surface area contributed by atoms with E-state index in [2.05, 4.69) is 17.1 Å². The van der Waals surface area contributed by atoms with Crippen LogP contribution in [0.15, 0.2) is 12.1 Å². The van der Waals surface area contributed by atoms with E-state index in [-0.39, 0.29) is 12.1 Å². The molecule has 0 unspecified atom stereocenters. The lowest BCUT2D eigenvalue weighted by atomic mass is 10.1. The first kappa shape index (κ1) is 17.4. The van der Waals surface area contributed by atoms with Gasteiger partial charge in [0.15, 0.2) is 0 Å². The molecule has 1 aliphatic heterocycles. The van der Waals surface area contributed by atoms with Crippen LogP contribution in [0.25, 0.3) is 0 Å². The largest absolute Gasteiger partial charge is 0.398 e. The van der Waals surface area contributed by atoms with Crippen molar-refractivity contribution >= 4 is 23.3 Å². The van der Waals surface area contributed by atoms with Gasteiger partial charge in [-0.1, -0.05) is 11.6 Å². The number of hydrogen-bond donors (Lipinski definition) is 2. The first-order chi connectivity index (χ1) is 11.4. The van der Waals surface area contributed by atoms with Gasteiger partial charge in [0.2, 0.25) is 0 Å². The number of carbonyl (C=O) groups is 1. The van der Waals surface area contributed by atoms with E-state index in [0.29, 0.717) is 10.9 Å². The molecular formula is C18H27ClN4O. The fraction of sp³-hybridized carbons (Fsp3) is 0.611. The van der Waals surface area contributed by atoms with E-state index < -0.39 is 0 Å². The predicted molar refractivity (Wildman–Crippen MR) is 98.2 cm³/mol. The summed E-state index contributed by atoms with van der Waals surface area (Å²) >= 11 is 6.14. The molecule has 0 aromatic heterocycles. The second-order valence-corrected chi connectivity index (χ2v) is 7.62. The Hall–Kier alpha value is -1.46.